The smallest absolute Gasteiger partial charge is 0.0704 e. The van der Waals surface area contributed by atoms with Crippen molar-refractivity contribution in [2.45, 2.75) is 58.3 Å². The van der Waals surface area contributed by atoms with E-state index in [9.17, 15) is 0 Å². The zero-order chi connectivity index (χ0) is 11.3. The summed E-state index contributed by atoms with van der Waals surface area (Å²) in [5.74, 6) is 1.38. The summed E-state index contributed by atoms with van der Waals surface area (Å²) in [5, 5.41) is 3.57. The maximum atomic E-state index is 5.79. The van der Waals surface area contributed by atoms with E-state index in [1.807, 2.05) is 0 Å². The molecule has 0 aromatic heterocycles. The van der Waals surface area contributed by atoms with Crippen molar-refractivity contribution in [1.82, 2.24) is 5.32 Å². The molecule has 90 valence electrons. The SMILES string of the molecule is CC1CCC(CNC(CCCl)C(C)C)O1. The van der Waals surface area contributed by atoms with Crippen LogP contribution in [-0.4, -0.2) is 30.7 Å². The van der Waals surface area contributed by atoms with Crippen LogP contribution in [0.2, 0.25) is 0 Å². The van der Waals surface area contributed by atoms with Gasteiger partial charge in [-0.3, -0.25) is 0 Å². The Kier molecular flexibility index (Phi) is 5.95. The lowest BCUT2D eigenvalue weighted by Crippen LogP contribution is -2.39. The summed E-state index contributed by atoms with van der Waals surface area (Å²) in [6.07, 6.45) is 4.30. The van der Waals surface area contributed by atoms with Crippen LogP contribution >= 0.6 is 11.6 Å². The first-order valence-corrected chi connectivity index (χ1v) is 6.61. The highest BCUT2D eigenvalue weighted by atomic mass is 35.5. The quantitative estimate of drug-likeness (QED) is 0.713. The number of hydrogen-bond donors (Lipinski definition) is 1. The van der Waals surface area contributed by atoms with Gasteiger partial charge in [-0.15, -0.1) is 11.6 Å². The molecule has 1 saturated heterocycles. The van der Waals surface area contributed by atoms with E-state index in [2.05, 4.69) is 26.1 Å². The van der Waals surface area contributed by atoms with Crippen LogP contribution in [0.1, 0.15) is 40.0 Å². The maximum Gasteiger partial charge on any atom is 0.0704 e. The second kappa shape index (κ2) is 6.72. The Morgan fingerprint density at radius 1 is 1.40 bits per heavy atom. The van der Waals surface area contributed by atoms with Crippen LogP contribution < -0.4 is 5.32 Å². The first-order valence-electron chi connectivity index (χ1n) is 6.08. The van der Waals surface area contributed by atoms with Crippen LogP contribution in [0, 0.1) is 5.92 Å². The molecule has 3 atom stereocenters. The van der Waals surface area contributed by atoms with Crippen molar-refractivity contribution in [2.24, 2.45) is 5.92 Å². The molecule has 3 heteroatoms. The van der Waals surface area contributed by atoms with E-state index >= 15 is 0 Å². The van der Waals surface area contributed by atoms with Crippen LogP contribution in [0.25, 0.3) is 0 Å². The minimum Gasteiger partial charge on any atom is -0.374 e. The molecule has 0 radical (unpaired) electrons. The highest BCUT2D eigenvalue weighted by Crippen LogP contribution is 2.19. The molecule has 0 spiro atoms. The first-order chi connectivity index (χ1) is 7.13. The van der Waals surface area contributed by atoms with Crippen LogP contribution in [0.3, 0.4) is 0 Å². The Balaban J connectivity index is 2.21. The predicted octanol–water partition coefficient (Wildman–Crippen LogP) is 2.80. The zero-order valence-electron chi connectivity index (χ0n) is 10.1. The molecule has 0 saturated carbocycles. The molecule has 3 unspecified atom stereocenters. The number of halogens is 1. The van der Waals surface area contributed by atoms with E-state index in [1.54, 1.807) is 0 Å². The lowest BCUT2D eigenvalue weighted by atomic mass is 10.0. The number of alkyl halides is 1. The van der Waals surface area contributed by atoms with Gasteiger partial charge in [0.05, 0.1) is 12.2 Å². The third-order valence-corrected chi connectivity index (χ3v) is 3.37. The molecule has 1 fully saturated rings. The van der Waals surface area contributed by atoms with Gasteiger partial charge in [0, 0.05) is 18.5 Å². The molecule has 1 aliphatic heterocycles. The molecular weight excluding hydrogens is 210 g/mol. The predicted molar refractivity (Wildman–Crippen MR) is 65.5 cm³/mol. The highest BCUT2D eigenvalue weighted by Gasteiger charge is 2.22. The molecule has 1 heterocycles. The van der Waals surface area contributed by atoms with E-state index in [-0.39, 0.29) is 0 Å². The van der Waals surface area contributed by atoms with Gasteiger partial charge in [-0.2, -0.15) is 0 Å². The van der Waals surface area contributed by atoms with Gasteiger partial charge in [0.1, 0.15) is 0 Å². The van der Waals surface area contributed by atoms with Gasteiger partial charge < -0.3 is 10.1 Å². The van der Waals surface area contributed by atoms with Gasteiger partial charge in [-0.05, 0) is 32.1 Å². The molecule has 0 aromatic carbocycles. The van der Waals surface area contributed by atoms with Gasteiger partial charge in [-0.25, -0.2) is 0 Å². The van der Waals surface area contributed by atoms with Gasteiger partial charge in [0.25, 0.3) is 0 Å². The van der Waals surface area contributed by atoms with Gasteiger partial charge in [0.2, 0.25) is 0 Å². The maximum absolute atomic E-state index is 5.79. The number of rotatable bonds is 6. The summed E-state index contributed by atoms with van der Waals surface area (Å²) in [5.41, 5.74) is 0. The normalized spacial score (nSPS) is 28.6. The topological polar surface area (TPSA) is 21.3 Å². The molecule has 0 aliphatic carbocycles. The fourth-order valence-corrected chi connectivity index (χ4v) is 2.34. The summed E-state index contributed by atoms with van der Waals surface area (Å²) in [6.45, 7) is 7.60. The summed E-state index contributed by atoms with van der Waals surface area (Å²) in [4.78, 5) is 0. The van der Waals surface area contributed by atoms with Crippen LogP contribution in [0.15, 0.2) is 0 Å². The van der Waals surface area contributed by atoms with E-state index in [4.69, 9.17) is 16.3 Å². The van der Waals surface area contributed by atoms with Gasteiger partial charge in [0.15, 0.2) is 0 Å². The molecule has 1 aliphatic rings. The number of nitrogens with one attached hydrogen (secondary N) is 1. The average molecular weight is 234 g/mol. The van der Waals surface area contributed by atoms with E-state index in [0.717, 1.165) is 18.8 Å². The molecule has 15 heavy (non-hydrogen) atoms. The van der Waals surface area contributed by atoms with Crippen molar-refractivity contribution in [1.29, 1.82) is 0 Å². The second-order valence-electron chi connectivity index (χ2n) is 4.88. The number of hydrogen-bond acceptors (Lipinski definition) is 2. The Labute approximate surface area is 98.7 Å². The fourth-order valence-electron chi connectivity index (χ4n) is 2.11. The Morgan fingerprint density at radius 2 is 2.13 bits per heavy atom. The van der Waals surface area contributed by atoms with Crippen molar-refractivity contribution in [3.05, 3.63) is 0 Å². The fraction of sp³-hybridized carbons (Fsp3) is 1.00. The monoisotopic (exact) mass is 233 g/mol. The first kappa shape index (κ1) is 13.3. The Bertz CT molecular complexity index is 175. The van der Waals surface area contributed by atoms with Gasteiger partial charge >= 0.3 is 0 Å². The van der Waals surface area contributed by atoms with Crippen molar-refractivity contribution in [3.63, 3.8) is 0 Å². The summed E-state index contributed by atoms with van der Waals surface area (Å²) in [6, 6.07) is 0.530. The largest absolute Gasteiger partial charge is 0.374 e. The van der Waals surface area contributed by atoms with Crippen LogP contribution in [-0.2, 0) is 4.74 Å². The number of ether oxygens (including phenoxy) is 1. The minimum absolute atomic E-state index is 0.413. The highest BCUT2D eigenvalue weighted by molar-refractivity contribution is 6.17. The lowest BCUT2D eigenvalue weighted by Gasteiger charge is -2.23. The van der Waals surface area contributed by atoms with Crippen LogP contribution in [0.4, 0.5) is 0 Å². The van der Waals surface area contributed by atoms with E-state index < -0.39 is 0 Å². The van der Waals surface area contributed by atoms with Crippen molar-refractivity contribution in [2.75, 3.05) is 12.4 Å². The zero-order valence-corrected chi connectivity index (χ0v) is 10.9. The molecule has 0 aromatic rings. The van der Waals surface area contributed by atoms with Crippen molar-refractivity contribution >= 4 is 11.6 Å². The average Bonchev–Trinajstić information content (AvgIpc) is 2.58. The summed E-state index contributed by atoms with van der Waals surface area (Å²) >= 11 is 5.79. The second-order valence-corrected chi connectivity index (χ2v) is 5.26. The minimum atomic E-state index is 0.413. The molecule has 2 nitrogen and oxygen atoms in total. The third-order valence-electron chi connectivity index (χ3n) is 3.15. The summed E-state index contributed by atoms with van der Waals surface area (Å²) < 4.78 is 5.77. The van der Waals surface area contributed by atoms with Crippen LogP contribution in [0.5, 0.6) is 0 Å². The summed E-state index contributed by atoms with van der Waals surface area (Å²) in [7, 11) is 0. The molecule has 1 N–H and O–H groups in total. The standard InChI is InChI=1S/C12H24ClNO/c1-9(2)12(6-7-13)14-8-11-5-4-10(3)15-11/h9-12,14H,4-8H2,1-3H3. The van der Waals surface area contributed by atoms with Gasteiger partial charge in [-0.1, -0.05) is 13.8 Å². The van der Waals surface area contributed by atoms with Crippen molar-refractivity contribution in [3.8, 4) is 0 Å². The molecule has 1 rings (SSSR count). The Morgan fingerprint density at radius 3 is 2.60 bits per heavy atom. The molecule has 0 amide bonds. The van der Waals surface area contributed by atoms with E-state index in [1.165, 1.54) is 12.8 Å². The third kappa shape index (κ3) is 4.71. The Hall–Kier alpha value is 0.210. The van der Waals surface area contributed by atoms with Crippen molar-refractivity contribution < 1.29 is 4.74 Å². The molecule has 0 bridgehead atoms. The molecular formula is C12H24ClNO. The van der Waals surface area contributed by atoms with E-state index in [0.29, 0.717) is 24.2 Å². The lowest BCUT2D eigenvalue weighted by molar-refractivity contribution is 0.0532.